The molecule has 0 aromatic carbocycles. The minimum absolute atomic E-state index is 0. The fourth-order valence-electron chi connectivity index (χ4n) is 1.60. The Morgan fingerprint density at radius 3 is 0.288 bits per heavy atom. The number of halogens is 14. The molecule has 0 rings (SSSR count). The molecule has 0 aromatic rings. The summed E-state index contributed by atoms with van der Waals surface area (Å²) < 4.78 is 0. The maximum atomic E-state index is 4.76. The van der Waals surface area contributed by atoms with Gasteiger partial charge in [0, 0.05) is 0 Å². The molecule has 0 aliphatic carbocycles. The molecule has 0 aliphatic rings. The number of hydrogen-bond donors (Lipinski definition) is 0. The Morgan fingerprint density at radius 1 is 0.231 bits per heavy atom. The van der Waals surface area contributed by atoms with Gasteiger partial charge in [-0.15, -0.1) is 110 Å². The van der Waals surface area contributed by atoms with Crippen LogP contribution in [0.15, 0.2) is 0 Å². The van der Waals surface area contributed by atoms with Crippen LogP contribution in [0.4, 0.5) is 0 Å². The fraction of sp³-hybridized carbons (Fsp3) is 1.00. The van der Waals surface area contributed by atoms with Crippen LogP contribution in [0.5, 0.6) is 0 Å². The maximum Gasteiger partial charge on any atom is 3.00 e. The Kier molecular flexibility index (Phi) is 288. The zero-order valence-corrected chi connectivity index (χ0v) is 68.3. The molecular formula is C26H68Cl14P8U4. The van der Waals surface area contributed by atoms with Gasteiger partial charge in [-0.2, -0.15) is 0 Å². The zero-order chi connectivity index (χ0) is 31.7. The minimum atomic E-state index is 0. The van der Waals surface area contributed by atoms with Gasteiger partial charge in [0.05, 0.1) is 10.7 Å². The summed E-state index contributed by atoms with van der Waals surface area (Å²) in [6.45, 7) is 37.7. The van der Waals surface area contributed by atoms with Crippen LogP contribution < -0.4 is 124 Å². The maximum absolute atomic E-state index is 4.76. The second-order valence-electron chi connectivity index (χ2n) is 10.6. The van der Waals surface area contributed by atoms with E-state index in [1.54, 1.807) is 0 Å². The molecule has 52 heavy (non-hydrogen) atoms. The third-order valence-corrected chi connectivity index (χ3v) is 14.3. The SMILES string of the molecule is CP(C)CCP(C)C.CP(C)CCP(C)C.CP(C)CCP(C)C.CP(C)CCP(C)C.ClCCl.ClCCl.[Cl-].[Cl-].[Cl-].[Cl-].[Cl-].[Cl-].[Cl-].[Cl-].[Cl-].[Cl-].[U+2].[U+2].[U+3].[U+3]. The molecule has 0 N–H and O–H groups in total. The third kappa shape index (κ3) is 226. The van der Waals surface area contributed by atoms with Gasteiger partial charge in [0.2, 0.25) is 0 Å². The van der Waals surface area contributed by atoms with Gasteiger partial charge in [0.15, 0.2) is 0 Å². The second kappa shape index (κ2) is 114. The van der Waals surface area contributed by atoms with Crippen molar-refractivity contribution in [1.29, 1.82) is 0 Å². The van der Waals surface area contributed by atoms with Crippen molar-refractivity contribution >= 4 is 110 Å². The van der Waals surface area contributed by atoms with E-state index in [0.717, 1.165) is 0 Å². The molecule has 0 bridgehead atoms. The summed E-state index contributed by atoms with van der Waals surface area (Å²) in [5.41, 5.74) is 0. The largest absolute Gasteiger partial charge is 3.00 e. The van der Waals surface area contributed by atoms with Crippen LogP contribution in [0.3, 0.4) is 0 Å². The van der Waals surface area contributed by atoms with E-state index in [2.05, 4.69) is 107 Å². The van der Waals surface area contributed by atoms with Crippen molar-refractivity contribution in [1.82, 2.24) is 0 Å². The zero-order valence-electron chi connectivity index (χ0n) is 33.9. The van der Waals surface area contributed by atoms with Crippen LogP contribution in [0, 0.1) is 124 Å². The van der Waals surface area contributed by atoms with E-state index < -0.39 is 0 Å². The molecule has 0 spiro atoms. The van der Waals surface area contributed by atoms with Gasteiger partial charge in [-0.3, -0.25) is 0 Å². The number of rotatable bonds is 12. The van der Waals surface area contributed by atoms with Crippen LogP contribution in [-0.4, -0.2) is 167 Å². The first-order valence-electron chi connectivity index (χ1n) is 12.8. The molecule has 0 aliphatic heterocycles. The normalized spacial score (nSPS) is 7.62. The number of alkyl halides is 4. The van der Waals surface area contributed by atoms with Gasteiger partial charge in [0.25, 0.3) is 0 Å². The quantitative estimate of drug-likeness (QED) is 0.135. The molecule has 26 heteroatoms. The Morgan fingerprint density at radius 2 is 0.269 bits per heavy atom. The van der Waals surface area contributed by atoms with Gasteiger partial charge in [0.1, 0.15) is 0 Å². The molecule has 0 saturated heterocycles. The first-order chi connectivity index (χ1) is 17.3. The van der Waals surface area contributed by atoms with E-state index in [-0.39, 0.29) is 259 Å². The monoisotopic (exact) mass is 2070 g/mol. The van der Waals surface area contributed by atoms with Crippen molar-refractivity contribution in [3.8, 4) is 0 Å². The van der Waals surface area contributed by atoms with Crippen LogP contribution in [-0.2, 0) is 0 Å². The number of hydrogen-bond acceptors (Lipinski definition) is 0. The smallest absolute Gasteiger partial charge is 1.00 e. The summed E-state index contributed by atoms with van der Waals surface area (Å²) in [5.74, 6) is 0. The van der Waals surface area contributed by atoms with Crippen molar-refractivity contribution in [3.63, 3.8) is 0 Å². The van der Waals surface area contributed by atoms with Crippen molar-refractivity contribution in [2.45, 2.75) is 0 Å². The predicted molar refractivity (Wildman–Crippen MR) is 222 cm³/mol. The molecule has 0 fully saturated rings. The Labute approximate surface area is 515 Å². The van der Waals surface area contributed by atoms with Crippen LogP contribution >= 0.6 is 110 Å². The van der Waals surface area contributed by atoms with E-state index in [9.17, 15) is 0 Å². The molecule has 326 valence electrons. The molecule has 0 saturated carbocycles. The molecular weight excluding hydrogens is 2010 g/mol. The van der Waals surface area contributed by atoms with E-state index >= 15 is 0 Å². The first kappa shape index (κ1) is 131. The average molecular weight is 2080 g/mol. The summed E-state index contributed by atoms with van der Waals surface area (Å²) in [6, 6.07) is 0. The van der Waals surface area contributed by atoms with Crippen LogP contribution in [0.1, 0.15) is 0 Å². The molecule has 0 atom stereocenters. The first-order valence-corrected chi connectivity index (χ1v) is 34.3. The van der Waals surface area contributed by atoms with Crippen LogP contribution in [0.25, 0.3) is 0 Å². The molecule has 0 unspecified atom stereocenters. The van der Waals surface area contributed by atoms with Gasteiger partial charge in [-0.05, 0) is 156 Å². The van der Waals surface area contributed by atoms with Gasteiger partial charge >= 0.3 is 124 Å². The Hall–Kier alpha value is 11.7. The van der Waals surface area contributed by atoms with Crippen molar-refractivity contribution in [2.75, 3.05) is 167 Å². The fourth-order valence-corrected chi connectivity index (χ4v) is 14.4. The Bertz CT molecular complexity index is 321. The summed E-state index contributed by atoms with van der Waals surface area (Å²) >= 11 is 19.1. The van der Waals surface area contributed by atoms with E-state index in [4.69, 9.17) is 46.4 Å². The van der Waals surface area contributed by atoms with E-state index in [1.807, 2.05) is 0 Å². The second-order valence-corrected chi connectivity index (χ2v) is 33.1. The van der Waals surface area contributed by atoms with Crippen molar-refractivity contribution in [2.24, 2.45) is 0 Å². The summed E-state index contributed by atoms with van der Waals surface area (Å²) in [6.07, 6.45) is 11.8. The molecule has 2 radical (unpaired) electrons. The topological polar surface area (TPSA) is 0 Å². The summed E-state index contributed by atoms with van der Waals surface area (Å²) in [5, 5.41) is 0.389. The molecule has 0 nitrogen and oxygen atoms in total. The van der Waals surface area contributed by atoms with Crippen molar-refractivity contribution < 1.29 is 249 Å². The summed E-state index contributed by atoms with van der Waals surface area (Å²) in [4.78, 5) is 0. The van der Waals surface area contributed by atoms with Gasteiger partial charge < -0.3 is 124 Å². The Balaban J connectivity index is -0.0000000128. The van der Waals surface area contributed by atoms with E-state index in [1.165, 1.54) is 49.3 Å². The van der Waals surface area contributed by atoms with Crippen LogP contribution in [0.2, 0.25) is 0 Å². The predicted octanol–water partition coefficient (Wildman–Crippen LogP) is -17.2. The standard InChI is InChI=1S/4C6H16P2.2CH2Cl2.10ClH.4U/c4*1-7(2)5-6-8(3)4;2*2-1-3;;;;;;;;;;;;;;/h4*5-6H2,1-4H3;2*1H2;10*1H;;;;/q;;;;;;;;;;;;;;;;2*+2;2*+3/p-10. The molecule has 0 amide bonds. The minimum Gasteiger partial charge on any atom is -1.00 e. The molecule has 0 heterocycles. The average Bonchev–Trinajstić information content (AvgIpc) is 2.76. The van der Waals surface area contributed by atoms with Gasteiger partial charge in [-0.25, -0.2) is 0 Å². The van der Waals surface area contributed by atoms with Crippen molar-refractivity contribution in [3.05, 3.63) is 0 Å². The third-order valence-electron chi connectivity index (χ3n) is 3.98. The summed E-state index contributed by atoms with van der Waals surface area (Å²) in [7, 11) is 3.07. The molecule has 0 aromatic heterocycles. The van der Waals surface area contributed by atoms with E-state index in [0.29, 0.717) is 63.4 Å². The van der Waals surface area contributed by atoms with Gasteiger partial charge in [-0.1, -0.05) is 0 Å².